The van der Waals surface area contributed by atoms with Crippen LogP contribution in [0.15, 0.2) is 163 Å². The molecule has 8 unspecified atom stereocenters. The molecule has 0 aromatic heterocycles. The summed E-state index contributed by atoms with van der Waals surface area (Å²) in [4.78, 5) is 131. The quantitative estimate of drug-likeness (QED) is 0.0115. The highest BCUT2D eigenvalue weighted by Gasteiger charge is 2.68. The number of ketones is 6. The molecule has 16 atom stereocenters. The highest BCUT2D eigenvalue weighted by Crippen LogP contribution is 2.69. The van der Waals surface area contributed by atoms with Crippen molar-refractivity contribution in [1.29, 1.82) is 0 Å². The normalized spacial score (nSPS) is 26.2. The van der Waals surface area contributed by atoms with Crippen LogP contribution in [0.3, 0.4) is 0 Å². The summed E-state index contributed by atoms with van der Waals surface area (Å²) in [6.45, 7) is 21.4. The van der Waals surface area contributed by atoms with Crippen LogP contribution in [0.5, 0.6) is 0 Å². The molecule has 0 N–H and O–H groups in total. The summed E-state index contributed by atoms with van der Waals surface area (Å²) in [7, 11) is -11.5. The average molecular weight is 1990 g/mol. The summed E-state index contributed by atoms with van der Waals surface area (Å²) in [5.74, 6) is -10.6. The minimum absolute atomic E-state index is 0. The fraction of sp³-hybridized carbons (Fsp3) is 0.531. The second-order valence-corrected chi connectivity index (χ2v) is 43.4. The van der Waals surface area contributed by atoms with E-state index in [1.54, 1.807) is 60.7 Å². The number of rotatable bonds is 27. The Morgan fingerprint density at radius 1 is 0.409 bits per heavy atom. The summed E-state index contributed by atoms with van der Waals surface area (Å²) in [5, 5.41) is 0. The lowest BCUT2D eigenvalue weighted by Crippen LogP contribution is -3.00. The average Bonchev–Trinajstić information content (AvgIpc) is 1.45. The maximum absolute atomic E-state index is 13.8. The molecule has 0 saturated heterocycles. The summed E-state index contributed by atoms with van der Waals surface area (Å²) >= 11 is 0. The molecule has 0 amide bonds. The second kappa shape index (κ2) is 46.4. The number of nitrogens with zero attached hydrogens (tertiary/aromatic N) is 1. The first kappa shape index (κ1) is 107. The maximum atomic E-state index is 13.8. The van der Waals surface area contributed by atoms with Crippen molar-refractivity contribution in [2.45, 2.75) is 207 Å². The van der Waals surface area contributed by atoms with Gasteiger partial charge in [0, 0.05) is 160 Å². The largest absolute Gasteiger partial charge is 1.00 e. The SMILES string of the molecule is CCN(CC)CC.C[C@H](CCC(=O)OCCOC(=O)CS(=O)(=O)[O-])[C@H]1CCC2C3C(=O)CC4CC(=O)CC[C@]4(C)C3CC(=O)[C@@]21C.C[C@H](CCC(=O)OCCOC(=O)CS(=O)(=O)[O-])[C@H]1CCC2C3C(=O)CC4CC(=O)CC[C@]4(C)C3CC(=O)[C@@]21C.Fc1cc(F)cc([S+](c2ccccc2)c2cc(F)cc(F)c2)c1.Fc1cc(F)cc([S+](c2ccccc2)c2cc(F)cc(F)c2)c1.[Br-]. The molecule has 720 valence electrons. The molecule has 21 nitrogen and oxygen atoms in total. The molecule has 14 rings (SSSR count). The third-order valence-corrected chi connectivity index (χ3v) is 34.3. The van der Waals surface area contributed by atoms with Gasteiger partial charge in [-0.3, -0.25) is 47.9 Å². The maximum Gasteiger partial charge on any atom is 0.320 e. The minimum Gasteiger partial charge on any atom is -1.00 e. The number of benzene rings is 6. The van der Waals surface area contributed by atoms with E-state index in [1.165, 1.54) is 68.2 Å². The van der Waals surface area contributed by atoms with E-state index in [4.69, 9.17) is 9.47 Å². The van der Waals surface area contributed by atoms with Crippen molar-refractivity contribution >= 4 is 101 Å². The first-order chi connectivity index (χ1) is 61.7. The van der Waals surface area contributed by atoms with Crippen LogP contribution in [0.1, 0.15) is 178 Å². The predicted molar refractivity (Wildman–Crippen MR) is 468 cm³/mol. The topological polar surface area (TPSA) is 325 Å². The van der Waals surface area contributed by atoms with Crippen LogP contribution in [0, 0.1) is 139 Å². The Morgan fingerprint density at radius 3 is 0.955 bits per heavy atom. The first-order valence-electron chi connectivity index (χ1n) is 44.5. The number of esters is 4. The summed E-state index contributed by atoms with van der Waals surface area (Å²) in [6.07, 6.45) is 9.51. The lowest BCUT2D eigenvalue weighted by atomic mass is 9.44. The zero-order valence-electron chi connectivity index (χ0n) is 75.4. The van der Waals surface area contributed by atoms with Crippen LogP contribution in [0.4, 0.5) is 35.1 Å². The van der Waals surface area contributed by atoms with Crippen molar-refractivity contribution in [3.63, 3.8) is 0 Å². The Morgan fingerprint density at radius 2 is 0.689 bits per heavy atom. The summed E-state index contributed by atoms with van der Waals surface area (Å²) in [5.41, 5.74) is -1.56. The monoisotopic (exact) mass is 1980 g/mol. The fourth-order valence-electron chi connectivity index (χ4n) is 22.2. The van der Waals surface area contributed by atoms with Crippen molar-refractivity contribution in [2.24, 2.45) is 92.7 Å². The molecule has 8 fully saturated rings. The third-order valence-electron chi connectivity index (χ3n) is 28.8. The van der Waals surface area contributed by atoms with E-state index in [1.807, 2.05) is 27.7 Å². The molecule has 34 heteroatoms. The van der Waals surface area contributed by atoms with Crippen LogP contribution in [-0.2, 0) is 109 Å². The van der Waals surface area contributed by atoms with Crippen molar-refractivity contribution in [3.05, 3.63) is 180 Å². The van der Waals surface area contributed by atoms with E-state index in [9.17, 15) is 109 Å². The molecular weight excluding hydrogens is 1870 g/mol. The fourth-order valence-corrected chi connectivity index (χ4v) is 27.3. The van der Waals surface area contributed by atoms with E-state index in [-0.39, 0.29) is 173 Å². The number of fused-ring (bicyclic) bond motifs is 10. The standard InChI is InChI=1S/2C28H40O10S.2C18H11F4S.C6H15N.BrH/c2*1-16(4-7-24(32)37-10-11-38-25(33)15-39(34,35)36)19-5-6-20-26-21(14-23(31)28(19,20)3)27(2)9-8-18(29)12-17(27)13-22(26)30;2*19-12-6-13(20)9-17(8-12)23(16-4-2-1-3-5-16)18-10-14(21)7-15(22)11-18;1-4-7(5-2)6-3;/h2*16-17,19-21,26H,4-15H2,1-3H3,(H,34,35,36);2*1-11H;4-6H2,1-3H3;1H/q;;2*+1;;/p-3/t2*16-,17?,19-,20?,21?,26?,27+,28-;;;;/m11..../s1. The molecule has 6 aromatic rings. The minimum atomic E-state index is -4.73. The van der Waals surface area contributed by atoms with E-state index in [0.717, 1.165) is 62.8 Å². The van der Waals surface area contributed by atoms with E-state index in [0.29, 0.717) is 93.6 Å². The second-order valence-electron chi connectivity index (χ2n) is 36.5. The van der Waals surface area contributed by atoms with E-state index in [2.05, 4.69) is 49.0 Å². The summed E-state index contributed by atoms with van der Waals surface area (Å²) < 4.78 is 191. The van der Waals surface area contributed by atoms with Crippen molar-refractivity contribution in [1.82, 2.24) is 4.90 Å². The van der Waals surface area contributed by atoms with Crippen molar-refractivity contribution < 1.29 is 145 Å². The molecule has 0 radical (unpaired) electrons. The molecule has 8 saturated carbocycles. The van der Waals surface area contributed by atoms with Gasteiger partial charge in [-0.2, -0.15) is 0 Å². The smallest absolute Gasteiger partial charge is 0.320 e. The zero-order chi connectivity index (χ0) is 96.0. The summed E-state index contributed by atoms with van der Waals surface area (Å²) in [6, 6.07) is 30.2. The van der Waals surface area contributed by atoms with Gasteiger partial charge in [0.15, 0.2) is 29.4 Å². The van der Waals surface area contributed by atoms with Crippen LogP contribution >= 0.6 is 0 Å². The zero-order valence-corrected chi connectivity index (χ0v) is 80.2. The predicted octanol–water partition coefficient (Wildman–Crippen LogP) is 14.3. The van der Waals surface area contributed by atoms with Crippen LogP contribution in [0.2, 0.25) is 0 Å². The molecular formula is C98H115BrF8NO20S4-. The van der Waals surface area contributed by atoms with Gasteiger partial charge < -0.3 is 49.9 Å². The van der Waals surface area contributed by atoms with Crippen molar-refractivity contribution in [3.8, 4) is 0 Å². The molecule has 0 spiro atoms. The van der Waals surface area contributed by atoms with Gasteiger partial charge in [0.25, 0.3) is 0 Å². The number of Topliss-reactive ketones (excluding diaryl/α,β-unsaturated/α-hetero) is 6. The van der Waals surface area contributed by atoms with Crippen LogP contribution in [-0.4, -0.2) is 147 Å². The Bertz CT molecular complexity index is 4880. The number of ether oxygens (including phenoxy) is 4. The molecule has 8 aliphatic carbocycles. The van der Waals surface area contributed by atoms with E-state index < -0.39 is 135 Å². The molecule has 8 aliphatic rings. The highest BCUT2D eigenvalue weighted by atomic mass is 79.9. The van der Waals surface area contributed by atoms with Gasteiger partial charge in [0.2, 0.25) is 0 Å². The number of halogens is 9. The van der Waals surface area contributed by atoms with E-state index >= 15 is 0 Å². The molecule has 0 heterocycles. The number of carbonyl (C=O) groups excluding carboxylic acids is 10. The Kier molecular flexibility index (Phi) is 37.7. The first-order valence-corrected chi connectivity index (χ1v) is 50.1. The Labute approximate surface area is 782 Å². The Balaban J connectivity index is 0.000000197. The molecule has 0 bridgehead atoms. The molecule has 6 aromatic carbocycles. The van der Waals surface area contributed by atoms with Gasteiger partial charge in [0.1, 0.15) is 139 Å². The van der Waals surface area contributed by atoms with Gasteiger partial charge in [-0.25, -0.2) is 52.0 Å². The highest BCUT2D eigenvalue weighted by molar-refractivity contribution is 7.97. The number of hydrogen-bond acceptors (Lipinski definition) is 21. The number of carbonyl (C=O) groups is 10. The lowest BCUT2D eigenvalue weighted by molar-refractivity contribution is -0.168. The van der Waals surface area contributed by atoms with Gasteiger partial charge in [-0.05, 0) is 165 Å². The lowest BCUT2D eigenvalue weighted by Gasteiger charge is -2.58. The molecule has 132 heavy (non-hydrogen) atoms. The van der Waals surface area contributed by atoms with Crippen LogP contribution < -0.4 is 17.0 Å². The van der Waals surface area contributed by atoms with Gasteiger partial charge >= 0.3 is 23.9 Å². The third kappa shape index (κ3) is 26.7. The van der Waals surface area contributed by atoms with Crippen LogP contribution in [0.25, 0.3) is 0 Å². The van der Waals surface area contributed by atoms with Gasteiger partial charge in [0.05, 0.1) is 21.8 Å². The van der Waals surface area contributed by atoms with Crippen molar-refractivity contribution in [2.75, 3.05) is 57.6 Å². The number of hydrogen-bond donors (Lipinski definition) is 0. The van der Waals surface area contributed by atoms with Gasteiger partial charge in [-0.1, -0.05) is 98.7 Å². The molecule has 0 aliphatic heterocycles. The Hall–Kier alpha value is -8.38. The van der Waals surface area contributed by atoms with Gasteiger partial charge in [-0.15, -0.1) is 0 Å².